The molecule has 0 spiro atoms. The molecule has 0 fully saturated rings. The van der Waals surface area contributed by atoms with Crippen LogP contribution in [0.25, 0.3) is 10.9 Å². The number of carbonyl (C=O) groups excluding carboxylic acids is 1. The molecule has 0 aliphatic rings. The summed E-state index contributed by atoms with van der Waals surface area (Å²) in [6, 6.07) is 22.3. The molecular weight excluding hydrogens is 377 g/mol. The molecule has 0 aliphatic carbocycles. The second-order valence-electron chi connectivity index (χ2n) is 7.60. The lowest BCUT2D eigenvalue weighted by Crippen LogP contribution is -2.32. The Labute approximate surface area is 175 Å². The van der Waals surface area contributed by atoms with Crippen molar-refractivity contribution in [3.63, 3.8) is 0 Å². The number of hydrogen-bond donors (Lipinski definition) is 1. The SMILES string of the molecule is C[C@H](CCc1ccccc1)NC(=O)c1ccc2cnn(Cc3ccc(F)cc3)c2c1. The van der Waals surface area contributed by atoms with Gasteiger partial charge in [-0.25, -0.2) is 4.39 Å². The van der Waals surface area contributed by atoms with Crippen molar-refractivity contribution in [2.45, 2.75) is 32.4 Å². The molecule has 0 saturated carbocycles. The first-order valence-corrected chi connectivity index (χ1v) is 10.1. The molecule has 5 heteroatoms. The van der Waals surface area contributed by atoms with Gasteiger partial charge in [-0.3, -0.25) is 9.48 Å². The maximum atomic E-state index is 13.1. The Hall–Kier alpha value is -3.47. The first kappa shape index (κ1) is 19.8. The number of carbonyl (C=O) groups is 1. The topological polar surface area (TPSA) is 46.9 Å². The van der Waals surface area contributed by atoms with Crippen molar-refractivity contribution in [3.05, 3.63) is 102 Å². The number of hydrogen-bond acceptors (Lipinski definition) is 2. The Morgan fingerprint density at radius 3 is 2.57 bits per heavy atom. The zero-order chi connectivity index (χ0) is 20.9. The van der Waals surface area contributed by atoms with E-state index in [0.29, 0.717) is 12.1 Å². The summed E-state index contributed by atoms with van der Waals surface area (Å²) in [5, 5.41) is 8.48. The molecule has 0 bridgehead atoms. The summed E-state index contributed by atoms with van der Waals surface area (Å²) in [6.07, 6.45) is 3.58. The minimum Gasteiger partial charge on any atom is -0.350 e. The number of amides is 1. The number of nitrogens with zero attached hydrogens (tertiary/aromatic N) is 2. The van der Waals surface area contributed by atoms with Gasteiger partial charge in [0.25, 0.3) is 5.91 Å². The van der Waals surface area contributed by atoms with Gasteiger partial charge in [0.05, 0.1) is 18.3 Å². The van der Waals surface area contributed by atoms with E-state index in [2.05, 4.69) is 22.5 Å². The van der Waals surface area contributed by atoms with E-state index in [1.54, 1.807) is 18.3 Å². The van der Waals surface area contributed by atoms with Gasteiger partial charge in [-0.05, 0) is 55.2 Å². The monoisotopic (exact) mass is 401 g/mol. The molecule has 0 unspecified atom stereocenters. The summed E-state index contributed by atoms with van der Waals surface area (Å²) in [5.41, 5.74) is 3.70. The Bertz CT molecular complexity index is 1140. The van der Waals surface area contributed by atoms with Crippen molar-refractivity contribution in [1.82, 2.24) is 15.1 Å². The van der Waals surface area contributed by atoms with Crippen molar-refractivity contribution < 1.29 is 9.18 Å². The van der Waals surface area contributed by atoms with E-state index in [9.17, 15) is 9.18 Å². The molecule has 0 aliphatic heterocycles. The Morgan fingerprint density at radius 2 is 1.80 bits per heavy atom. The molecule has 1 heterocycles. The van der Waals surface area contributed by atoms with Crippen LogP contribution in [0.3, 0.4) is 0 Å². The van der Waals surface area contributed by atoms with Crippen LogP contribution in [0.1, 0.15) is 34.8 Å². The fraction of sp³-hybridized carbons (Fsp3) is 0.200. The smallest absolute Gasteiger partial charge is 0.251 e. The van der Waals surface area contributed by atoms with Crippen LogP contribution in [-0.2, 0) is 13.0 Å². The molecular formula is C25H24FN3O. The lowest BCUT2D eigenvalue weighted by atomic mass is 10.1. The van der Waals surface area contributed by atoms with Gasteiger partial charge in [-0.15, -0.1) is 0 Å². The Morgan fingerprint density at radius 1 is 1.03 bits per heavy atom. The minimum atomic E-state index is -0.260. The average molecular weight is 401 g/mol. The van der Waals surface area contributed by atoms with Crippen molar-refractivity contribution in [2.75, 3.05) is 0 Å². The minimum absolute atomic E-state index is 0.0672. The van der Waals surface area contributed by atoms with Crippen molar-refractivity contribution in [2.24, 2.45) is 0 Å². The molecule has 30 heavy (non-hydrogen) atoms. The number of rotatable bonds is 7. The zero-order valence-electron chi connectivity index (χ0n) is 16.9. The summed E-state index contributed by atoms with van der Waals surface area (Å²) < 4.78 is 15.0. The molecule has 1 amide bonds. The maximum absolute atomic E-state index is 13.1. The predicted molar refractivity (Wildman–Crippen MR) is 117 cm³/mol. The van der Waals surface area contributed by atoms with Crippen LogP contribution in [0, 0.1) is 5.82 Å². The second kappa shape index (κ2) is 8.91. The number of fused-ring (bicyclic) bond motifs is 1. The highest BCUT2D eigenvalue weighted by molar-refractivity contribution is 5.98. The van der Waals surface area contributed by atoms with Crippen LogP contribution in [-0.4, -0.2) is 21.7 Å². The van der Waals surface area contributed by atoms with E-state index < -0.39 is 0 Å². The third-order valence-corrected chi connectivity index (χ3v) is 5.24. The standard InChI is InChI=1S/C25H24FN3O/c1-18(7-8-19-5-3-2-4-6-19)28-25(30)21-11-12-22-16-27-29(24(22)15-21)17-20-9-13-23(26)14-10-20/h2-6,9-16,18H,7-8,17H2,1H3,(H,28,30)/t18-/m1/s1. The van der Waals surface area contributed by atoms with Gasteiger partial charge in [-0.2, -0.15) is 5.10 Å². The van der Waals surface area contributed by atoms with Crippen molar-refractivity contribution in [3.8, 4) is 0 Å². The summed E-state index contributed by atoms with van der Waals surface area (Å²) in [6.45, 7) is 2.54. The largest absolute Gasteiger partial charge is 0.350 e. The van der Waals surface area contributed by atoms with Crippen LogP contribution in [0.5, 0.6) is 0 Å². The summed E-state index contributed by atoms with van der Waals surface area (Å²) in [4.78, 5) is 12.8. The van der Waals surface area contributed by atoms with E-state index in [4.69, 9.17) is 0 Å². The molecule has 3 aromatic carbocycles. The van der Waals surface area contributed by atoms with Crippen LogP contribution in [0.2, 0.25) is 0 Å². The fourth-order valence-electron chi connectivity index (χ4n) is 3.51. The number of aromatic nitrogens is 2. The molecule has 4 nitrogen and oxygen atoms in total. The van der Waals surface area contributed by atoms with Gasteiger partial charge in [0.1, 0.15) is 5.82 Å². The average Bonchev–Trinajstić information content (AvgIpc) is 3.16. The summed E-state index contributed by atoms with van der Waals surface area (Å²) >= 11 is 0. The summed E-state index contributed by atoms with van der Waals surface area (Å²) in [5.74, 6) is -0.351. The Kier molecular flexibility index (Phi) is 5.89. The van der Waals surface area contributed by atoms with E-state index in [0.717, 1.165) is 29.3 Å². The molecule has 4 aromatic rings. The Balaban J connectivity index is 1.44. The number of nitrogens with one attached hydrogen (secondary N) is 1. The normalized spacial score (nSPS) is 12.1. The quantitative estimate of drug-likeness (QED) is 0.475. The number of benzene rings is 3. The highest BCUT2D eigenvalue weighted by Gasteiger charge is 2.12. The van der Waals surface area contributed by atoms with Gasteiger partial charge >= 0.3 is 0 Å². The van der Waals surface area contributed by atoms with Crippen LogP contribution in [0.15, 0.2) is 79.0 Å². The molecule has 0 saturated heterocycles. The van der Waals surface area contributed by atoms with E-state index in [-0.39, 0.29) is 17.8 Å². The highest BCUT2D eigenvalue weighted by Crippen LogP contribution is 2.18. The van der Waals surface area contributed by atoms with E-state index >= 15 is 0 Å². The molecule has 4 rings (SSSR count). The third-order valence-electron chi connectivity index (χ3n) is 5.24. The molecule has 1 aromatic heterocycles. The van der Waals surface area contributed by atoms with Gasteiger partial charge in [0, 0.05) is 17.0 Å². The number of halogens is 1. The predicted octanol–water partition coefficient (Wildman–Crippen LogP) is 4.97. The van der Waals surface area contributed by atoms with Crippen LogP contribution < -0.4 is 5.32 Å². The highest BCUT2D eigenvalue weighted by atomic mass is 19.1. The molecule has 1 N–H and O–H groups in total. The molecule has 152 valence electrons. The number of aryl methyl sites for hydroxylation is 1. The van der Waals surface area contributed by atoms with Gasteiger partial charge in [0.15, 0.2) is 0 Å². The maximum Gasteiger partial charge on any atom is 0.251 e. The van der Waals surface area contributed by atoms with Crippen molar-refractivity contribution >= 4 is 16.8 Å². The fourth-order valence-corrected chi connectivity index (χ4v) is 3.51. The first-order chi connectivity index (χ1) is 14.6. The lowest BCUT2D eigenvalue weighted by molar-refractivity contribution is 0.0938. The van der Waals surface area contributed by atoms with E-state index in [1.807, 2.05) is 48.0 Å². The molecule has 0 radical (unpaired) electrons. The first-order valence-electron chi connectivity index (χ1n) is 10.1. The van der Waals surface area contributed by atoms with Gasteiger partial charge in [-0.1, -0.05) is 48.5 Å². The van der Waals surface area contributed by atoms with E-state index in [1.165, 1.54) is 17.7 Å². The zero-order valence-corrected chi connectivity index (χ0v) is 16.9. The van der Waals surface area contributed by atoms with Gasteiger partial charge < -0.3 is 5.32 Å². The molecule has 1 atom stereocenters. The van der Waals surface area contributed by atoms with Crippen molar-refractivity contribution in [1.29, 1.82) is 0 Å². The second-order valence-corrected chi connectivity index (χ2v) is 7.60. The lowest BCUT2D eigenvalue weighted by Gasteiger charge is -2.14. The van der Waals surface area contributed by atoms with Gasteiger partial charge in [0.2, 0.25) is 0 Å². The summed E-state index contributed by atoms with van der Waals surface area (Å²) in [7, 11) is 0. The van der Waals surface area contributed by atoms with Crippen LogP contribution in [0.4, 0.5) is 4.39 Å². The third kappa shape index (κ3) is 4.74. The van der Waals surface area contributed by atoms with Crippen LogP contribution >= 0.6 is 0 Å².